The van der Waals surface area contributed by atoms with Crippen LogP contribution in [0.5, 0.6) is 0 Å². The molecule has 0 heterocycles. The zero-order chi connectivity index (χ0) is 8.48. The Bertz CT molecular complexity index is 188. The van der Waals surface area contributed by atoms with E-state index in [1.807, 2.05) is 6.92 Å². The second-order valence-corrected chi connectivity index (χ2v) is 3.72. The van der Waals surface area contributed by atoms with Gasteiger partial charge in [0.2, 0.25) is 5.24 Å². The number of ketones is 1. The summed E-state index contributed by atoms with van der Waals surface area (Å²) in [6.07, 6.45) is 2.26. The Morgan fingerprint density at radius 1 is 1.45 bits per heavy atom. The molecule has 0 saturated heterocycles. The van der Waals surface area contributed by atoms with E-state index in [2.05, 4.69) is 0 Å². The van der Waals surface area contributed by atoms with Crippen molar-refractivity contribution in [2.75, 3.05) is 0 Å². The first-order valence-corrected chi connectivity index (χ1v) is 4.14. The minimum atomic E-state index is -0.435. The normalized spacial score (nSPS) is 23.3. The van der Waals surface area contributed by atoms with Crippen LogP contribution in [0.2, 0.25) is 0 Å². The van der Waals surface area contributed by atoms with Crippen LogP contribution in [0.15, 0.2) is 0 Å². The molecule has 11 heavy (non-hydrogen) atoms. The van der Waals surface area contributed by atoms with E-state index in [0.717, 1.165) is 0 Å². The molecule has 0 aromatic heterocycles. The number of hydrogen-bond donors (Lipinski definition) is 0. The first-order valence-electron chi connectivity index (χ1n) is 3.76. The van der Waals surface area contributed by atoms with E-state index in [4.69, 9.17) is 11.6 Å². The van der Waals surface area contributed by atoms with Crippen molar-refractivity contribution in [1.29, 1.82) is 0 Å². The van der Waals surface area contributed by atoms with Crippen molar-refractivity contribution in [3.63, 3.8) is 0 Å². The molecule has 0 spiro atoms. The predicted molar refractivity (Wildman–Crippen MR) is 42.4 cm³/mol. The summed E-state index contributed by atoms with van der Waals surface area (Å²) in [4.78, 5) is 21.7. The van der Waals surface area contributed by atoms with Crippen molar-refractivity contribution < 1.29 is 9.59 Å². The lowest BCUT2D eigenvalue weighted by Gasteiger charge is -2.28. The van der Waals surface area contributed by atoms with E-state index < -0.39 is 5.41 Å². The zero-order valence-electron chi connectivity index (χ0n) is 6.52. The van der Waals surface area contributed by atoms with Crippen molar-refractivity contribution in [2.24, 2.45) is 5.41 Å². The molecule has 0 unspecified atom stereocenters. The van der Waals surface area contributed by atoms with Crippen LogP contribution in [0.1, 0.15) is 32.6 Å². The highest BCUT2D eigenvalue weighted by molar-refractivity contribution is 6.64. The Morgan fingerprint density at radius 3 is 2.27 bits per heavy atom. The third kappa shape index (κ3) is 1.80. The van der Waals surface area contributed by atoms with E-state index in [-0.39, 0.29) is 11.0 Å². The maximum atomic E-state index is 10.9. The molecule has 0 aliphatic heterocycles. The highest BCUT2D eigenvalue weighted by Crippen LogP contribution is 2.36. The van der Waals surface area contributed by atoms with Gasteiger partial charge in [-0.15, -0.1) is 0 Å². The smallest absolute Gasteiger partial charge is 0.227 e. The standard InChI is InChI=1S/C8H11ClO2/c1-8(7(9)11)4-2-6(10)3-5-8/h2-5H2,1H3. The highest BCUT2D eigenvalue weighted by Gasteiger charge is 2.35. The SMILES string of the molecule is CC1(C(=O)Cl)CCC(=O)CC1. The number of Topliss-reactive ketones (excluding diaryl/α,β-unsaturated/α-hetero) is 1. The molecule has 0 radical (unpaired) electrons. The van der Waals surface area contributed by atoms with Crippen LogP contribution in [-0.4, -0.2) is 11.0 Å². The maximum Gasteiger partial charge on any atom is 0.227 e. The van der Waals surface area contributed by atoms with Crippen LogP contribution in [0.25, 0.3) is 0 Å². The van der Waals surface area contributed by atoms with Gasteiger partial charge in [0.1, 0.15) is 5.78 Å². The zero-order valence-corrected chi connectivity index (χ0v) is 7.28. The molecule has 1 rings (SSSR count). The summed E-state index contributed by atoms with van der Waals surface area (Å²) in [6, 6.07) is 0. The molecule has 2 nitrogen and oxygen atoms in total. The van der Waals surface area contributed by atoms with Crippen LogP contribution in [0.3, 0.4) is 0 Å². The van der Waals surface area contributed by atoms with Crippen molar-refractivity contribution in [3.8, 4) is 0 Å². The number of carbonyl (C=O) groups excluding carboxylic acids is 2. The number of hydrogen-bond acceptors (Lipinski definition) is 2. The first kappa shape index (κ1) is 8.72. The van der Waals surface area contributed by atoms with Crippen molar-refractivity contribution in [2.45, 2.75) is 32.6 Å². The molecule has 0 amide bonds. The average Bonchev–Trinajstić information content (AvgIpc) is 1.95. The van der Waals surface area contributed by atoms with Crippen LogP contribution < -0.4 is 0 Å². The summed E-state index contributed by atoms with van der Waals surface area (Å²) in [5, 5.41) is -0.301. The summed E-state index contributed by atoms with van der Waals surface area (Å²) >= 11 is 5.40. The molecule has 0 aromatic rings. The van der Waals surface area contributed by atoms with E-state index in [1.54, 1.807) is 0 Å². The summed E-state index contributed by atoms with van der Waals surface area (Å²) in [7, 11) is 0. The van der Waals surface area contributed by atoms with Gasteiger partial charge in [0.25, 0.3) is 0 Å². The summed E-state index contributed by atoms with van der Waals surface area (Å²) in [5.41, 5.74) is -0.435. The third-order valence-corrected chi connectivity index (χ3v) is 2.84. The Hall–Kier alpha value is -0.370. The van der Waals surface area contributed by atoms with Gasteiger partial charge in [0, 0.05) is 18.3 Å². The quantitative estimate of drug-likeness (QED) is 0.569. The lowest BCUT2D eigenvalue weighted by molar-refractivity contribution is -0.127. The van der Waals surface area contributed by atoms with Gasteiger partial charge in [-0.2, -0.15) is 0 Å². The number of rotatable bonds is 1. The molecule has 3 heteroatoms. The minimum absolute atomic E-state index is 0.250. The topological polar surface area (TPSA) is 34.1 Å². The fourth-order valence-corrected chi connectivity index (χ4v) is 1.47. The lowest BCUT2D eigenvalue weighted by atomic mass is 9.76. The number of halogens is 1. The molecule has 0 atom stereocenters. The predicted octanol–water partition coefficient (Wildman–Crippen LogP) is 1.90. The average molecular weight is 175 g/mol. The molecule has 1 aliphatic rings. The summed E-state index contributed by atoms with van der Waals surface area (Å²) in [5.74, 6) is 0.250. The highest BCUT2D eigenvalue weighted by atomic mass is 35.5. The van der Waals surface area contributed by atoms with E-state index >= 15 is 0 Å². The molecule has 1 fully saturated rings. The Labute approximate surface area is 70.9 Å². The second kappa shape index (κ2) is 2.94. The van der Waals surface area contributed by atoms with Crippen molar-refractivity contribution in [1.82, 2.24) is 0 Å². The largest absolute Gasteiger partial charge is 0.300 e. The van der Waals surface area contributed by atoms with Gasteiger partial charge in [0.15, 0.2) is 0 Å². The van der Waals surface area contributed by atoms with Gasteiger partial charge < -0.3 is 0 Å². The van der Waals surface area contributed by atoms with Crippen molar-refractivity contribution >= 4 is 22.6 Å². The fourth-order valence-electron chi connectivity index (χ4n) is 1.28. The molecule has 62 valence electrons. The Kier molecular flexibility index (Phi) is 2.33. The molecular formula is C8H11ClO2. The molecule has 0 N–H and O–H groups in total. The van der Waals surface area contributed by atoms with E-state index in [0.29, 0.717) is 25.7 Å². The van der Waals surface area contributed by atoms with Crippen LogP contribution >= 0.6 is 11.6 Å². The lowest BCUT2D eigenvalue weighted by Crippen LogP contribution is -2.29. The van der Waals surface area contributed by atoms with Gasteiger partial charge >= 0.3 is 0 Å². The Balaban J connectivity index is 2.62. The van der Waals surface area contributed by atoms with Crippen molar-refractivity contribution in [3.05, 3.63) is 0 Å². The summed E-state index contributed by atoms with van der Waals surface area (Å²) < 4.78 is 0. The molecule has 1 saturated carbocycles. The van der Waals surface area contributed by atoms with Gasteiger partial charge in [-0.05, 0) is 24.4 Å². The monoisotopic (exact) mass is 174 g/mol. The van der Waals surface area contributed by atoms with Gasteiger partial charge in [-0.3, -0.25) is 9.59 Å². The fraction of sp³-hybridized carbons (Fsp3) is 0.750. The first-order chi connectivity index (χ1) is 5.04. The van der Waals surface area contributed by atoms with Crippen LogP contribution in [0, 0.1) is 5.41 Å². The minimum Gasteiger partial charge on any atom is -0.300 e. The molecule has 0 bridgehead atoms. The Morgan fingerprint density at radius 2 is 1.91 bits per heavy atom. The van der Waals surface area contributed by atoms with E-state index in [1.165, 1.54) is 0 Å². The molecule has 1 aliphatic carbocycles. The maximum absolute atomic E-state index is 10.9. The van der Waals surface area contributed by atoms with E-state index in [9.17, 15) is 9.59 Å². The molecule has 0 aromatic carbocycles. The third-order valence-electron chi connectivity index (χ3n) is 2.39. The van der Waals surface area contributed by atoms with Gasteiger partial charge in [-0.1, -0.05) is 6.92 Å². The molecular weight excluding hydrogens is 164 g/mol. The second-order valence-electron chi connectivity index (χ2n) is 3.37. The number of carbonyl (C=O) groups is 2. The van der Waals surface area contributed by atoms with Gasteiger partial charge in [-0.25, -0.2) is 0 Å². The summed E-state index contributed by atoms with van der Waals surface area (Å²) in [6.45, 7) is 1.83. The van der Waals surface area contributed by atoms with Crippen LogP contribution in [-0.2, 0) is 9.59 Å². The van der Waals surface area contributed by atoms with Gasteiger partial charge in [0.05, 0.1) is 0 Å². The van der Waals surface area contributed by atoms with Crippen LogP contribution in [0.4, 0.5) is 0 Å².